The predicted octanol–water partition coefficient (Wildman–Crippen LogP) is 2.57. The molecule has 2 aliphatic heterocycles. The third-order valence-electron chi connectivity index (χ3n) is 6.17. The van der Waals surface area contributed by atoms with E-state index in [1.165, 1.54) is 54.1 Å². The van der Waals surface area contributed by atoms with E-state index in [4.69, 9.17) is 9.47 Å². The lowest BCUT2D eigenvalue weighted by Gasteiger charge is -2.22. The monoisotopic (exact) mass is 507 g/mol. The Bertz CT molecular complexity index is 1170. The van der Waals surface area contributed by atoms with Gasteiger partial charge in [0.05, 0.1) is 23.7 Å². The molecule has 11 heteroatoms. The molecule has 3 heterocycles. The van der Waals surface area contributed by atoms with Crippen molar-refractivity contribution in [2.75, 3.05) is 46.2 Å². The van der Waals surface area contributed by atoms with Crippen molar-refractivity contribution in [3.05, 3.63) is 45.8 Å². The summed E-state index contributed by atoms with van der Waals surface area (Å²) in [6, 6.07) is 5.79. The van der Waals surface area contributed by atoms with E-state index >= 15 is 0 Å². The molecule has 1 aromatic carbocycles. The fourth-order valence-corrected chi connectivity index (χ4v) is 6.76. The zero-order valence-electron chi connectivity index (χ0n) is 19.5. The summed E-state index contributed by atoms with van der Waals surface area (Å²) in [5.74, 6) is -0.901. The van der Waals surface area contributed by atoms with Crippen molar-refractivity contribution in [1.82, 2.24) is 9.21 Å². The van der Waals surface area contributed by atoms with Gasteiger partial charge in [-0.25, -0.2) is 13.2 Å². The van der Waals surface area contributed by atoms with Crippen LogP contribution < -0.4 is 5.32 Å². The molecular formula is C23H29N3O6S2. The molecule has 4 rings (SSSR count). The van der Waals surface area contributed by atoms with Crippen LogP contribution in [0, 0.1) is 0 Å². The molecule has 1 N–H and O–H groups in total. The maximum absolute atomic E-state index is 12.9. The Balaban J connectivity index is 1.51. The summed E-state index contributed by atoms with van der Waals surface area (Å²) in [4.78, 5) is 28.7. The van der Waals surface area contributed by atoms with Crippen LogP contribution in [0.1, 0.15) is 44.0 Å². The highest BCUT2D eigenvalue weighted by Gasteiger charge is 2.29. The molecule has 2 aromatic rings. The molecule has 1 unspecified atom stereocenters. The molecule has 1 saturated heterocycles. The van der Waals surface area contributed by atoms with Crippen molar-refractivity contribution in [2.45, 2.75) is 36.8 Å². The molecule has 2 aliphatic rings. The molecule has 0 bridgehead atoms. The van der Waals surface area contributed by atoms with Gasteiger partial charge in [-0.15, -0.1) is 11.3 Å². The summed E-state index contributed by atoms with van der Waals surface area (Å²) in [6.45, 7) is 2.47. The van der Waals surface area contributed by atoms with Gasteiger partial charge in [-0.2, -0.15) is 4.31 Å². The van der Waals surface area contributed by atoms with E-state index < -0.39 is 21.9 Å². The van der Waals surface area contributed by atoms with Crippen LogP contribution in [0.5, 0.6) is 0 Å². The Morgan fingerprint density at radius 3 is 2.68 bits per heavy atom. The topological polar surface area (TPSA) is 105 Å². The van der Waals surface area contributed by atoms with E-state index in [-0.39, 0.29) is 11.0 Å². The number of fused-ring (bicyclic) bond motifs is 1. The third kappa shape index (κ3) is 5.03. The number of nitrogens with one attached hydrogen (secondary N) is 1. The second-order valence-electron chi connectivity index (χ2n) is 8.59. The Hall–Kier alpha value is -2.31. The number of esters is 1. The van der Waals surface area contributed by atoms with Crippen molar-refractivity contribution in [3.8, 4) is 0 Å². The first kappa shape index (κ1) is 24.8. The van der Waals surface area contributed by atoms with Gasteiger partial charge in [-0.1, -0.05) is 0 Å². The van der Waals surface area contributed by atoms with Crippen LogP contribution in [-0.4, -0.2) is 76.5 Å². The fraction of sp³-hybridized carbons (Fsp3) is 0.478. The van der Waals surface area contributed by atoms with Crippen molar-refractivity contribution in [2.24, 2.45) is 0 Å². The molecular weight excluding hydrogens is 478 g/mol. The highest BCUT2D eigenvalue weighted by molar-refractivity contribution is 7.89. The smallest absolute Gasteiger partial charge is 0.341 e. The standard InChI is InChI=1S/C23H29N3O6S2/c1-25-11-10-18-19(14-25)33-22(20(18)23(28)31-3)24-21(27)15-6-8-17(9-7-15)34(29,30)26(2)13-16-5-4-12-32-16/h6-9,16H,4-5,10-14H2,1-3H3,(H,24,27). The summed E-state index contributed by atoms with van der Waals surface area (Å²) < 4.78 is 37.6. The van der Waals surface area contributed by atoms with E-state index in [0.29, 0.717) is 42.2 Å². The van der Waals surface area contributed by atoms with Gasteiger partial charge in [-0.3, -0.25) is 4.79 Å². The fourth-order valence-electron chi connectivity index (χ4n) is 4.24. The van der Waals surface area contributed by atoms with E-state index in [9.17, 15) is 18.0 Å². The lowest BCUT2D eigenvalue weighted by molar-refractivity contribution is 0.0600. The maximum atomic E-state index is 12.9. The van der Waals surface area contributed by atoms with Crippen LogP contribution in [0.4, 0.5) is 5.00 Å². The van der Waals surface area contributed by atoms with Crippen LogP contribution in [0.3, 0.4) is 0 Å². The van der Waals surface area contributed by atoms with Crippen LogP contribution in [0.2, 0.25) is 0 Å². The minimum absolute atomic E-state index is 0.0924. The number of carbonyl (C=O) groups is 2. The molecule has 1 amide bonds. The number of hydrogen-bond acceptors (Lipinski definition) is 8. The van der Waals surface area contributed by atoms with E-state index in [1.807, 2.05) is 7.05 Å². The zero-order valence-corrected chi connectivity index (χ0v) is 21.1. The number of benzene rings is 1. The van der Waals surface area contributed by atoms with Gasteiger partial charge in [0.25, 0.3) is 5.91 Å². The van der Waals surface area contributed by atoms with Gasteiger partial charge in [0.1, 0.15) is 5.00 Å². The van der Waals surface area contributed by atoms with Crippen LogP contribution >= 0.6 is 11.3 Å². The molecule has 1 fully saturated rings. The maximum Gasteiger partial charge on any atom is 0.341 e. The number of anilines is 1. The van der Waals surface area contributed by atoms with Crippen molar-refractivity contribution in [1.29, 1.82) is 0 Å². The number of amides is 1. The van der Waals surface area contributed by atoms with Crippen LogP contribution in [-0.2, 0) is 32.5 Å². The van der Waals surface area contributed by atoms with Gasteiger partial charge in [0.15, 0.2) is 0 Å². The van der Waals surface area contributed by atoms with Gasteiger partial charge in [0, 0.05) is 43.7 Å². The Labute approximate surface area is 203 Å². The molecule has 34 heavy (non-hydrogen) atoms. The SMILES string of the molecule is COC(=O)c1c(NC(=O)c2ccc(S(=O)(=O)N(C)CC3CCCO3)cc2)sc2c1CCN(C)C2. The summed E-state index contributed by atoms with van der Waals surface area (Å²) in [5.41, 5.74) is 1.61. The summed E-state index contributed by atoms with van der Waals surface area (Å²) >= 11 is 1.37. The van der Waals surface area contributed by atoms with Gasteiger partial charge in [-0.05, 0) is 56.1 Å². The van der Waals surface area contributed by atoms with Crippen LogP contribution in [0.25, 0.3) is 0 Å². The van der Waals surface area contributed by atoms with Crippen molar-refractivity contribution < 1.29 is 27.5 Å². The number of sulfonamides is 1. The largest absolute Gasteiger partial charge is 0.465 e. The average Bonchev–Trinajstić information content (AvgIpc) is 3.45. The van der Waals surface area contributed by atoms with Gasteiger partial charge < -0.3 is 19.7 Å². The number of likely N-dealkylation sites (N-methyl/N-ethyl adjacent to an activating group) is 2. The minimum atomic E-state index is -3.70. The van der Waals surface area contributed by atoms with Crippen molar-refractivity contribution >= 4 is 38.2 Å². The lowest BCUT2D eigenvalue weighted by atomic mass is 10.0. The quantitative estimate of drug-likeness (QED) is 0.574. The Morgan fingerprint density at radius 1 is 1.29 bits per heavy atom. The second-order valence-corrected chi connectivity index (χ2v) is 11.7. The molecule has 9 nitrogen and oxygen atoms in total. The number of thiophene rings is 1. The van der Waals surface area contributed by atoms with E-state index in [2.05, 4.69) is 10.2 Å². The number of hydrogen-bond donors (Lipinski definition) is 1. The first-order valence-electron chi connectivity index (χ1n) is 11.1. The van der Waals surface area contributed by atoms with Crippen LogP contribution in [0.15, 0.2) is 29.2 Å². The first-order valence-corrected chi connectivity index (χ1v) is 13.4. The molecule has 1 atom stereocenters. The lowest BCUT2D eigenvalue weighted by Crippen LogP contribution is -2.34. The Morgan fingerprint density at radius 2 is 2.03 bits per heavy atom. The molecule has 0 radical (unpaired) electrons. The highest BCUT2D eigenvalue weighted by Crippen LogP contribution is 2.37. The normalized spacial score (nSPS) is 18.6. The second kappa shape index (κ2) is 10.1. The average molecular weight is 508 g/mol. The summed E-state index contributed by atoms with van der Waals surface area (Å²) in [6.07, 6.45) is 2.39. The molecule has 0 saturated carbocycles. The number of nitrogens with zero attached hydrogens (tertiary/aromatic N) is 2. The molecule has 1 aromatic heterocycles. The van der Waals surface area contributed by atoms with Gasteiger partial charge >= 0.3 is 5.97 Å². The number of methoxy groups -OCH3 is 1. The van der Waals surface area contributed by atoms with Gasteiger partial charge in [0.2, 0.25) is 10.0 Å². The molecule has 0 aliphatic carbocycles. The minimum Gasteiger partial charge on any atom is -0.465 e. The number of carbonyl (C=O) groups excluding carboxylic acids is 2. The first-order chi connectivity index (χ1) is 16.2. The van der Waals surface area contributed by atoms with Crippen molar-refractivity contribution in [3.63, 3.8) is 0 Å². The number of ether oxygens (including phenoxy) is 2. The van der Waals surface area contributed by atoms with E-state index in [0.717, 1.165) is 29.8 Å². The Kier molecular flexibility index (Phi) is 7.39. The molecule has 184 valence electrons. The highest BCUT2D eigenvalue weighted by atomic mass is 32.2. The van der Waals surface area contributed by atoms with E-state index in [1.54, 1.807) is 0 Å². The summed E-state index contributed by atoms with van der Waals surface area (Å²) in [7, 11) is 1.16. The zero-order chi connectivity index (χ0) is 24.5. The molecule has 0 spiro atoms. The third-order valence-corrected chi connectivity index (χ3v) is 9.14. The predicted molar refractivity (Wildman–Crippen MR) is 129 cm³/mol. The summed E-state index contributed by atoms with van der Waals surface area (Å²) in [5, 5.41) is 3.28. The number of rotatable bonds is 7.